The van der Waals surface area contributed by atoms with Crippen LogP contribution in [0.1, 0.15) is 43.3 Å². The molecule has 0 aromatic carbocycles. The highest BCUT2D eigenvalue weighted by molar-refractivity contribution is 14.0. The number of aliphatic imine (C=N–C) groups is 1. The third-order valence-corrected chi connectivity index (χ3v) is 3.93. The Morgan fingerprint density at radius 2 is 2.00 bits per heavy atom. The van der Waals surface area contributed by atoms with E-state index in [1.807, 2.05) is 11.3 Å². The summed E-state index contributed by atoms with van der Waals surface area (Å²) in [6, 6.07) is 0. The third kappa shape index (κ3) is 7.99. The maximum absolute atomic E-state index is 4.66. The topological polar surface area (TPSA) is 49.3 Å². The van der Waals surface area contributed by atoms with Gasteiger partial charge in [-0.05, 0) is 26.2 Å². The highest BCUT2D eigenvalue weighted by Crippen LogP contribution is 2.17. The van der Waals surface area contributed by atoms with Crippen LogP contribution < -0.4 is 10.6 Å². The fourth-order valence-corrected chi connectivity index (χ4v) is 2.85. The number of halogens is 1. The Bertz CT molecular complexity index is 429. The molecule has 1 aromatic heterocycles. The molecule has 0 atom stereocenters. The normalized spacial score (nSPS) is 11.4. The van der Waals surface area contributed by atoms with Crippen LogP contribution in [0.2, 0.25) is 0 Å². The van der Waals surface area contributed by atoms with E-state index in [2.05, 4.69) is 55.2 Å². The molecule has 0 amide bonds. The van der Waals surface area contributed by atoms with E-state index < -0.39 is 0 Å². The third-order valence-electron chi connectivity index (χ3n) is 2.86. The van der Waals surface area contributed by atoms with E-state index in [-0.39, 0.29) is 24.0 Å². The first-order valence-electron chi connectivity index (χ1n) is 7.54. The zero-order chi connectivity index (χ0) is 15.0. The molecule has 0 aliphatic rings. The molecule has 0 aliphatic heterocycles. The number of hydrogen-bond acceptors (Lipinski definition) is 3. The van der Waals surface area contributed by atoms with E-state index in [1.54, 1.807) is 0 Å². The average Bonchev–Trinajstić information content (AvgIpc) is 2.76. The molecule has 1 aromatic rings. The molecule has 122 valence electrons. The van der Waals surface area contributed by atoms with Gasteiger partial charge in [-0.15, -0.1) is 35.3 Å². The maximum Gasteiger partial charge on any atom is 0.191 e. The summed E-state index contributed by atoms with van der Waals surface area (Å²) < 4.78 is 0. The minimum atomic E-state index is 0. The lowest BCUT2D eigenvalue weighted by molar-refractivity contribution is 0.656. The highest BCUT2D eigenvalue weighted by Gasteiger charge is 2.06. The average molecular weight is 424 g/mol. The van der Waals surface area contributed by atoms with Crippen molar-refractivity contribution in [1.29, 1.82) is 0 Å². The van der Waals surface area contributed by atoms with Crippen molar-refractivity contribution in [2.24, 2.45) is 10.9 Å². The Morgan fingerprint density at radius 1 is 1.29 bits per heavy atom. The summed E-state index contributed by atoms with van der Waals surface area (Å²) in [6.07, 6.45) is 1.98. The van der Waals surface area contributed by atoms with Gasteiger partial charge in [0.2, 0.25) is 0 Å². The number of nitrogens with zero attached hydrogens (tertiary/aromatic N) is 2. The summed E-state index contributed by atoms with van der Waals surface area (Å²) in [5.41, 5.74) is 1.24. The van der Waals surface area contributed by atoms with Crippen LogP contribution in [-0.2, 0) is 12.8 Å². The summed E-state index contributed by atoms with van der Waals surface area (Å²) in [6.45, 7) is 13.4. The number of guanidine groups is 1. The Balaban J connectivity index is 0.00000400. The maximum atomic E-state index is 4.66. The monoisotopic (exact) mass is 424 g/mol. The van der Waals surface area contributed by atoms with Gasteiger partial charge in [0, 0.05) is 30.9 Å². The van der Waals surface area contributed by atoms with Crippen LogP contribution in [-0.4, -0.2) is 30.6 Å². The van der Waals surface area contributed by atoms with Crippen LogP contribution in [0, 0.1) is 12.8 Å². The van der Waals surface area contributed by atoms with Gasteiger partial charge in [-0.3, -0.25) is 4.99 Å². The number of aryl methyl sites for hydroxylation is 2. The predicted molar refractivity (Wildman–Crippen MR) is 104 cm³/mol. The molecule has 0 aliphatic carbocycles. The minimum Gasteiger partial charge on any atom is -0.357 e. The van der Waals surface area contributed by atoms with Crippen LogP contribution >= 0.6 is 35.3 Å². The molecule has 2 N–H and O–H groups in total. The van der Waals surface area contributed by atoms with Crippen LogP contribution in [0.3, 0.4) is 0 Å². The lowest BCUT2D eigenvalue weighted by atomic mass is 10.2. The number of thiazole rings is 1. The molecule has 0 bridgehead atoms. The van der Waals surface area contributed by atoms with E-state index in [1.165, 1.54) is 15.6 Å². The largest absolute Gasteiger partial charge is 0.357 e. The Labute approximate surface area is 150 Å². The smallest absolute Gasteiger partial charge is 0.191 e. The summed E-state index contributed by atoms with van der Waals surface area (Å²) >= 11 is 1.81. The van der Waals surface area contributed by atoms with Crippen LogP contribution in [0.4, 0.5) is 0 Å². The van der Waals surface area contributed by atoms with E-state index >= 15 is 0 Å². The van der Waals surface area contributed by atoms with Crippen LogP contribution in [0.5, 0.6) is 0 Å². The van der Waals surface area contributed by atoms with Gasteiger partial charge in [0.25, 0.3) is 0 Å². The van der Waals surface area contributed by atoms with Gasteiger partial charge in [0.15, 0.2) is 5.96 Å². The Hall–Kier alpha value is -0.370. The lowest BCUT2D eigenvalue weighted by Crippen LogP contribution is -2.38. The molecule has 21 heavy (non-hydrogen) atoms. The molecule has 0 unspecified atom stereocenters. The van der Waals surface area contributed by atoms with Crippen molar-refractivity contribution in [3.05, 3.63) is 15.6 Å². The van der Waals surface area contributed by atoms with Crippen molar-refractivity contribution >= 4 is 41.3 Å². The fraction of sp³-hybridized carbons (Fsp3) is 0.733. The first kappa shape index (κ1) is 20.6. The SMILES string of the molecule is CCNC(=NCC(C)C)NCCc1nc(CC)c(C)s1.I. The standard InChI is InChI=1S/C15H28N4S.HI/c1-6-13-12(5)20-14(19-13)8-9-17-15(16-7-2)18-10-11(3)4;/h11H,6-10H2,1-5H3,(H2,16,17,18);1H. The van der Waals surface area contributed by atoms with Crippen LogP contribution in [0.25, 0.3) is 0 Å². The summed E-state index contributed by atoms with van der Waals surface area (Å²) in [5.74, 6) is 1.49. The summed E-state index contributed by atoms with van der Waals surface area (Å²) in [7, 11) is 0. The molecule has 4 nitrogen and oxygen atoms in total. The van der Waals surface area contributed by atoms with Gasteiger partial charge in [0.1, 0.15) is 0 Å². The Morgan fingerprint density at radius 3 is 2.52 bits per heavy atom. The molecule has 0 saturated carbocycles. The molecule has 1 rings (SSSR count). The molecular weight excluding hydrogens is 395 g/mol. The van der Waals surface area contributed by atoms with E-state index in [0.29, 0.717) is 5.92 Å². The number of hydrogen-bond donors (Lipinski definition) is 2. The zero-order valence-corrected chi connectivity index (χ0v) is 17.0. The van der Waals surface area contributed by atoms with Crippen molar-refractivity contribution in [3.8, 4) is 0 Å². The molecule has 0 radical (unpaired) electrons. The van der Waals surface area contributed by atoms with E-state index in [4.69, 9.17) is 0 Å². The predicted octanol–water partition coefficient (Wildman–Crippen LogP) is 3.39. The van der Waals surface area contributed by atoms with Gasteiger partial charge in [-0.25, -0.2) is 4.98 Å². The van der Waals surface area contributed by atoms with Gasteiger partial charge in [0.05, 0.1) is 10.7 Å². The molecular formula is C15H29IN4S. The zero-order valence-electron chi connectivity index (χ0n) is 13.8. The quantitative estimate of drug-likeness (QED) is 0.401. The minimum absolute atomic E-state index is 0. The van der Waals surface area contributed by atoms with Gasteiger partial charge in [-0.2, -0.15) is 0 Å². The van der Waals surface area contributed by atoms with E-state index in [0.717, 1.165) is 38.4 Å². The van der Waals surface area contributed by atoms with E-state index in [9.17, 15) is 0 Å². The second-order valence-corrected chi connectivity index (χ2v) is 6.54. The van der Waals surface area contributed by atoms with Crippen molar-refractivity contribution < 1.29 is 0 Å². The summed E-state index contributed by atoms with van der Waals surface area (Å²) in [4.78, 5) is 10.6. The van der Waals surface area contributed by atoms with Crippen molar-refractivity contribution in [2.75, 3.05) is 19.6 Å². The van der Waals surface area contributed by atoms with Crippen molar-refractivity contribution in [2.45, 2.75) is 47.5 Å². The van der Waals surface area contributed by atoms with Crippen molar-refractivity contribution in [3.63, 3.8) is 0 Å². The van der Waals surface area contributed by atoms with Crippen molar-refractivity contribution in [1.82, 2.24) is 15.6 Å². The lowest BCUT2D eigenvalue weighted by Gasteiger charge is -2.11. The van der Waals surface area contributed by atoms with Gasteiger partial charge >= 0.3 is 0 Å². The number of rotatable bonds is 7. The highest BCUT2D eigenvalue weighted by atomic mass is 127. The number of nitrogens with one attached hydrogen (secondary N) is 2. The summed E-state index contributed by atoms with van der Waals surface area (Å²) in [5, 5.41) is 7.87. The second-order valence-electron chi connectivity index (χ2n) is 5.25. The molecule has 0 saturated heterocycles. The molecule has 6 heteroatoms. The molecule has 0 fully saturated rings. The van der Waals surface area contributed by atoms with Crippen LogP contribution in [0.15, 0.2) is 4.99 Å². The van der Waals surface area contributed by atoms with Gasteiger partial charge < -0.3 is 10.6 Å². The molecule has 1 heterocycles. The number of aromatic nitrogens is 1. The first-order valence-corrected chi connectivity index (χ1v) is 8.35. The first-order chi connectivity index (χ1) is 9.56. The molecule has 0 spiro atoms. The van der Waals surface area contributed by atoms with Gasteiger partial charge in [-0.1, -0.05) is 20.8 Å². The fourth-order valence-electron chi connectivity index (χ4n) is 1.83. The second kappa shape index (κ2) is 11.2. The Kier molecular flexibility index (Phi) is 11.0.